The van der Waals surface area contributed by atoms with E-state index < -0.39 is 0 Å². The van der Waals surface area contributed by atoms with Crippen LogP contribution in [0.4, 0.5) is 5.69 Å². The van der Waals surface area contributed by atoms with Gasteiger partial charge in [0.25, 0.3) is 5.69 Å². The van der Waals surface area contributed by atoms with Gasteiger partial charge < -0.3 is 5.32 Å². The second kappa shape index (κ2) is 8.68. The fourth-order valence-electron chi connectivity index (χ4n) is 2.66. The first-order chi connectivity index (χ1) is 9.61. The maximum absolute atomic E-state index is 11.0. The predicted molar refractivity (Wildman–Crippen MR) is 90.0 cm³/mol. The van der Waals surface area contributed by atoms with Gasteiger partial charge in [-0.3, -0.25) is 15.0 Å². The second-order valence-corrected chi connectivity index (χ2v) is 6.01. The van der Waals surface area contributed by atoms with Crippen LogP contribution in [0, 0.1) is 10.1 Å². The first-order valence-corrected chi connectivity index (χ1v) is 7.78. The summed E-state index contributed by atoms with van der Waals surface area (Å²) < 4.78 is 0.538. The molecule has 1 aromatic rings. The lowest BCUT2D eigenvalue weighted by molar-refractivity contribution is -0.385. The van der Waals surface area contributed by atoms with Crippen molar-refractivity contribution in [3.8, 4) is 0 Å². The number of nitro benzene ring substituents is 1. The summed E-state index contributed by atoms with van der Waals surface area (Å²) >= 11 is 3.23. The molecule has 7 heteroatoms. The van der Waals surface area contributed by atoms with Crippen molar-refractivity contribution in [3.63, 3.8) is 0 Å². The van der Waals surface area contributed by atoms with Crippen molar-refractivity contribution in [1.29, 1.82) is 0 Å². The van der Waals surface area contributed by atoms with Crippen molar-refractivity contribution in [2.75, 3.05) is 19.6 Å². The number of nitrogens with one attached hydrogen (secondary N) is 1. The van der Waals surface area contributed by atoms with Gasteiger partial charge in [0.05, 0.1) is 9.40 Å². The maximum Gasteiger partial charge on any atom is 0.283 e. The zero-order valence-corrected chi connectivity index (χ0v) is 14.5. The summed E-state index contributed by atoms with van der Waals surface area (Å²) in [5, 5.41) is 14.4. The Bertz CT molecular complexity index is 481. The smallest absolute Gasteiger partial charge is 0.283 e. The van der Waals surface area contributed by atoms with Crippen molar-refractivity contribution < 1.29 is 4.92 Å². The van der Waals surface area contributed by atoms with Gasteiger partial charge in [-0.1, -0.05) is 13.0 Å². The quantitative estimate of drug-likeness (QED) is 0.609. The molecule has 0 amide bonds. The summed E-state index contributed by atoms with van der Waals surface area (Å²) in [6, 6.07) is 5.94. The van der Waals surface area contributed by atoms with E-state index in [0.29, 0.717) is 10.5 Å². The van der Waals surface area contributed by atoms with Gasteiger partial charge in [0, 0.05) is 25.2 Å². The van der Waals surface area contributed by atoms with Crippen molar-refractivity contribution in [2.45, 2.75) is 32.4 Å². The van der Waals surface area contributed by atoms with Crippen LogP contribution in [0.15, 0.2) is 22.7 Å². The lowest BCUT2D eigenvalue weighted by atomic mass is 10.1. The van der Waals surface area contributed by atoms with Crippen LogP contribution >= 0.6 is 28.3 Å². The molecular weight excluding hydrogens is 358 g/mol. The molecule has 0 bridgehead atoms. The average molecular weight is 379 g/mol. The molecule has 0 aromatic heterocycles. The molecule has 1 aliphatic rings. The Labute approximate surface area is 139 Å². The molecule has 118 valence electrons. The van der Waals surface area contributed by atoms with Crippen LogP contribution in [-0.2, 0) is 6.54 Å². The average Bonchev–Trinajstić information content (AvgIpc) is 2.94. The van der Waals surface area contributed by atoms with Crippen molar-refractivity contribution in [2.24, 2.45) is 0 Å². The van der Waals surface area contributed by atoms with E-state index in [1.165, 1.54) is 0 Å². The molecule has 5 nitrogen and oxygen atoms in total. The second-order valence-electron chi connectivity index (χ2n) is 5.16. The van der Waals surface area contributed by atoms with Gasteiger partial charge in [0.2, 0.25) is 0 Å². The third kappa shape index (κ3) is 4.92. The van der Waals surface area contributed by atoms with E-state index >= 15 is 0 Å². The van der Waals surface area contributed by atoms with Crippen LogP contribution in [0.2, 0.25) is 0 Å². The van der Waals surface area contributed by atoms with Crippen molar-refractivity contribution in [3.05, 3.63) is 38.3 Å². The number of halogens is 2. The first kappa shape index (κ1) is 18.4. The number of nitro groups is 1. The van der Waals surface area contributed by atoms with Crippen LogP contribution in [0.1, 0.15) is 25.3 Å². The molecule has 1 unspecified atom stereocenters. The molecule has 1 saturated heterocycles. The van der Waals surface area contributed by atoms with E-state index in [2.05, 4.69) is 33.1 Å². The predicted octanol–water partition coefficient (Wildman–Crippen LogP) is 3.35. The van der Waals surface area contributed by atoms with Crippen molar-refractivity contribution in [1.82, 2.24) is 10.2 Å². The largest absolute Gasteiger partial charge is 0.315 e. The summed E-state index contributed by atoms with van der Waals surface area (Å²) in [6.07, 6.45) is 2.24. The lowest BCUT2D eigenvalue weighted by Gasteiger charge is -2.28. The Morgan fingerprint density at radius 2 is 2.29 bits per heavy atom. The Morgan fingerprint density at radius 3 is 2.86 bits per heavy atom. The Kier molecular flexibility index (Phi) is 7.59. The highest BCUT2D eigenvalue weighted by Crippen LogP contribution is 2.26. The van der Waals surface area contributed by atoms with Gasteiger partial charge in [0.15, 0.2) is 0 Å². The van der Waals surface area contributed by atoms with E-state index in [0.717, 1.165) is 44.6 Å². The molecule has 1 N–H and O–H groups in total. The van der Waals surface area contributed by atoms with E-state index in [9.17, 15) is 10.1 Å². The van der Waals surface area contributed by atoms with Gasteiger partial charge in [-0.05, 0) is 53.5 Å². The summed E-state index contributed by atoms with van der Waals surface area (Å²) in [4.78, 5) is 13.1. The molecule has 1 aliphatic heterocycles. The first-order valence-electron chi connectivity index (χ1n) is 6.99. The minimum atomic E-state index is -0.338. The summed E-state index contributed by atoms with van der Waals surface area (Å²) in [5.41, 5.74) is 1.14. The van der Waals surface area contributed by atoms with Crippen LogP contribution in [-0.4, -0.2) is 35.5 Å². The highest BCUT2D eigenvalue weighted by Gasteiger charge is 2.22. The molecule has 0 radical (unpaired) electrons. The summed E-state index contributed by atoms with van der Waals surface area (Å²) in [6.45, 7) is 6.04. The third-order valence-electron chi connectivity index (χ3n) is 3.65. The van der Waals surface area contributed by atoms with Crippen LogP contribution in [0.3, 0.4) is 0 Å². The highest BCUT2D eigenvalue weighted by molar-refractivity contribution is 9.10. The van der Waals surface area contributed by atoms with Gasteiger partial charge in [-0.15, -0.1) is 12.4 Å². The fourth-order valence-corrected chi connectivity index (χ4v) is 3.05. The molecule has 1 fully saturated rings. The minimum Gasteiger partial charge on any atom is -0.315 e. The normalized spacial score (nSPS) is 17.8. The van der Waals surface area contributed by atoms with Crippen LogP contribution in [0.25, 0.3) is 0 Å². The Morgan fingerprint density at radius 1 is 1.52 bits per heavy atom. The van der Waals surface area contributed by atoms with E-state index in [1.54, 1.807) is 12.1 Å². The third-order valence-corrected chi connectivity index (χ3v) is 4.32. The van der Waals surface area contributed by atoms with E-state index in [-0.39, 0.29) is 23.0 Å². The molecule has 1 atom stereocenters. The molecule has 1 aromatic carbocycles. The molecule has 21 heavy (non-hydrogen) atoms. The Balaban J connectivity index is 0.00000220. The van der Waals surface area contributed by atoms with Gasteiger partial charge >= 0.3 is 0 Å². The fraction of sp³-hybridized carbons (Fsp3) is 0.571. The number of hydrogen-bond acceptors (Lipinski definition) is 4. The Hall–Kier alpha value is -0.690. The molecule has 1 heterocycles. The molecule has 2 rings (SSSR count). The van der Waals surface area contributed by atoms with Crippen LogP contribution in [0.5, 0.6) is 0 Å². The number of nitrogens with zero attached hydrogens (tertiary/aromatic N) is 2. The summed E-state index contributed by atoms with van der Waals surface area (Å²) in [7, 11) is 0. The number of rotatable bonds is 6. The zero-order chi connectivity index (χ0) is 14.5. The van der Waals surface area contributed by atoms with Gasteiger partial charge in [0.1, 0.15) is 0 Å². The molecule has 0 aliphatic carbocycles. The van der Waals surface area contributed by atoms with Crippen LogP contribution < -0.4 is 5.32 Å². The monoisotopic (exact) mass is 377 g/mol. The van der Waals surface area contributed by atoms with Gasteiger partial charge in [-0.2, -0.15) is 0 Å². The highest BCUT2D eigenvalue weighted by atomic mass is 79.9. The zero-order valence-electron chi connectivity index (χ0n) is 12.0. The minimum absolute atomic E-state index is 0. The topological polar surface area (TPSA) is 58.4 Å². The SMILES string of the molecule is CCCN(Cc1ccc(Br)c([N+](=O)[O-])c1)C1CCNC1.Cl. The van der Waals surface area contributed by atoms with E-state index in [4.69, 9.17) is 0 Å². The standard InChI is InChI=1S/C14H20BrN3O2.ClH/c1-2-7-17(12-5-6-16-9-12)10-11-3-4-13(15)14(8-11)18(19)20;/h3-4,8,12,16H,2,5-7,9-10H2,1H3;1H. The number of benzene rings is 1. The molecule has 0 saturated carbocycles. The maximum atomic E-state index is 11.0. The molecular formula is C14H21BrClN3O2. The van der Waals surface area contributed by atoms with Gasteiger partial charge in [-0.25, -0.2) is 0 Å². The molecule has 0 spiro atoms. The van der Waals surface area contributed by atoms with Crippen molar-refractivity contribution >= 4 is 34.0 Å². The number of hydrogen-bond donors (Lipinski definition) is 1. The summed E-state index contributed by atoms with van der Waals surface area (Å²) in [5.74, 6) is 0. The lowest BCUT2D eigenvalue weighted by Crippen LogP contribution is -2.36. The van der Waals surface area contributed by atoms with E-state index in [1.807, 2.05) is 6.07 Å².